The standard InChI is InChI=1S/C11H13ClFN/c1-10(2)6-11(10,14)8-4-3-7(13)5-9(8)12/h3-5H,6,14H2,1-2H3. The maximum atomic E-state index is 12.8. The molecule has 1 atom stereocenters. The van der Waals surface area contributed by atoms with Crippen LogP contribution in [0.1, 0.15) is 25.8 Å². The molecule has 1 fully saturated rings. The van der Waals surface area contributed by atoms with E-state index in [1.165, 1.54) is 12.1 Å². The third-order valence-corrected chi connectivity index (χ3v) is 3.53. The summed E-state index contributed by atoms with van der Waals surface area (Å²) in [4.78, 5) is 0. The lowest BCUT2D eigenvalue weighted by Gasteiger charge is -2.16. The Kier molecular flexibility index (Phi) is 1.92. The Morgan fingerprint density at radius 3 is 2.43 bits per heavy atom. The molecular formula is C11H13ClFN. The molecule has 1 unspecified atom stereocenters. The van der Waals surface area contributed by atoms with Gasteiger partial charge in [-0.3, -0.25) is 0 Å². The van der Waals surface area contributed by atoms with Crippen LogP contribution in [0.15, 0.2) is 18.2 Å². The van der Waals surface area contributed by atoms with Gasteiger partial charge in [-0.15, -0.1) is 0 Å². The van der Waals surface area contributed by atoms with Crippen molar-refractivity contribution in [3.8, 4) is 0 Å². The first kappa shape index (κ1) is 9.94. The molecule has 0 amide bonds. The zero-order valence-electron chi connectivity index (χ0n) is 8.27. The summed E-state index contributed by atoms with van der Waals surface area (Å²) in [5.74, 6) is -0.319. The Morgan fingerprint density at radius 2 is 2.00 bits per heavy atom. The van der Waals surface area contributed by atoms with Crippen molar-refractivity contribution in [1.29, 1.82) is 0 Å². The maximum absolute atomic E-state index is 12.8. The molecule has 0 aromatic heterocycles. The molecule has 1 aromatic carbocycles. The van der Waals surface area contributed by atoms with Crippen LogP contribution < -0.4 is 5.73 Å². The summed E-state index contributed by atoms with van der Waals surface area (Å²) in [6.07, 6.45) is 0.894. The van der Waals surface area contributed by atoms with Gasteiger partial charge in [-0.2, -0.15) is 0 Å². The number of rotatable bonds is 1. The zero-order valence-corrected chi connectivity index (χ0v) is 9.03. The second-order valence-corrected chi connectivity index (χ2v) is 5.06. The molecule has 0 saturated heterocycles. The van der Waals surface area contributed by atoms with Crippen molar-refractivity contribution >= 4 is 11.6 Å². The largest absolute Gasteiger partial charge is 0.321 e. The number of hydrogen-bond acceptors (Lipinski definition) is 1. The van der Waals surface area contributed by atoms with Gasteiger partial charge in [0.2, 0.25) is 0 Å². The molecule has 1 aliphatic carbocycles. The van der Waals surface area contributed by atoms with Crippen LogP contribution in [0, 0.1) is 11.2 Å². The minimum absolute atomic E-state index is 0.0640. The molecule has 14 heavy (non-hydrogen) atoms. The molecule has 1 saturated carbocycles. The number of hydrogen-bond donors (Lipinski definition) is 1. The van der Waals surface area contributed by atoms with Crippen molar-refractivity contribution < 1.29 is 4.39 Å². The third kappa shape index (κ3) is 1.25. The molecule has 2 rings (SSSR count). The molecule has 0 aliphatic heterocycles. The van der Waals surface area contributed by atoms with E-state index in [4.69, 9.17) is 17.3 Å². The van der Waals surface area contributed by atoms with Crippen LogP contribution in [-0.2, 0) is 5.54 Å². The highest BCUT2D eigenvalue weighted by Gasteiger charge is 2.60. The van der Waals surface area contributed by atoms with Gasteiger partial charge in [-0.05, 0) is 29.5 Å². The van der Waals surface area contributed by atoms with Gasteiger partial charge in [0.15, 0.2) is 0 Å². The van der Waals surface area contributed by atoms with Crippen molar-refractivity contribution in [3.05, 3.63) is 34.6 Å². The van der Waals surface area contributed by atoms with Crippen molar-refractivity contribution in [1.82, 2.24) is 0 Å². The lowest BCUT2D eigenvalue weighted by molar-refractivity contribution is 0.509. The van der Waals surface area contributed by atoms with E-state index >= 15 is 0 Å². The summed E-state index contributed by atoms with van der Waals surface area (Å²) in [6, 6.07) is 4.41. The minimum atomic E-state index is -0.377. The predicted octanol–water partition coefficient (Wildman–Crippen LogP) is 3.06. The highest BCUT2D eigenvalue weighted by Crippen LogP contribution is 2.61. The maximum Gasteiger partial charge on any atom is 0.124 e. The number of nitrogens with two attached hydrogens (primary N) is 1. The molecule has 1 aromatic rings. The first-order valence-electron chi connectivity index (χ1n) is 4.61. The van der Waals surface area contributed by atoms with E-state index in [9.17, 15) is 4.39 Å². The Morgan fingerprint density at radius 1 is 1.43 bits per heavy atom. The van der Waals surface area contributed by atoms with Crippen molar-refractivity contribution in [2.24, 2.45) is 11.1 Å². The Hall–Kier alpha value is -0.600. The summed E-state index contributed by atoms with van der Waals surface area (Å²) in [6.45, 7) is 4.18. The molecule has 0 heterocycles. The van der Waals surface area contributed by atoms with Crippen LogP contribution in [0.25, 0.3) is 0 Å². The average molecular weight is 214 g/mol. The van der Waals surface area contributed by atoms with E-state index < -0.39 is 0 Å². The van der Waals surface area contributed by atoms with Crippen molar-refractivity contribution in [3.63, 3.8) is 0 Å². The Balaban J connectivity index is 2.45. The first-order valence-corrected chi connectivity index (χ1v) is 4.99. The van der Waals surface area contributed by atoms with Gasteiger partial charge in [0.1, 0.15) is 5.82 Å². The van der Waals surface area contributed by atoms with Gasteiger partial charge >= 0.3 is 0 Å². The fraction of sp³-hybridized carbons (Fsp3) is 0.455. The smallest absolute Gasteiger partial charge is 0.124 e. The van der Waals surface area contributed by atoms with Gasteiger partial charge in [0.05, 0.1) is 0 Å². The summed E-state index contributed by atoms with van der Waals surface area (Å²) < 4.78 is 12.8. The number of benzene rings is 1. The van der Waals surface area contributed by atoms with Crippen LogP contribution in [0.2, 0.25) is 5.02 Å². The van der Waals surface area contributed by atoms with Crippen LogP contribution in [0.3, 0.4) is 0 Å². The van der Waals surface area contributed by atoms with Crippen LogP contribution in [-0.4, -0.2) is 0 Å². The van der Waals surface area contributed by atoms with Crippen molar-refractivity contribution in [2.75, 3.05) is 0 Å². The van der Waals surface area contributed by atoms with E-state index in [0.29, 0.717) is 5.02 Å². The monoisotopic (exact) mass is 213 g/mol. The van der Waals surface area contributed by atoms with E-state index in [2.05, 4.69) is 13.8 Å². The molecule has 1 aliphatic rings. The fourth-order valence-electron chi connectivity index (χ4n) is 1.96. The van der Waals surface area contributed by atoms with Gasteiger partial charge < -0.3 is 5.73 Å². The summed E-state index contributed by atoms with van der Waals surface area (Å²) in [5, 5.41) is 0.429. The summed E-state index contributed by atoms with van der Waals surface area (Å²) in [7, 11) is 0. The molecule has 3 heteroatoms. The molecule has 0 radical (unpaired) electrons. The van der Waals surface area contributed by atoms with Gasteiger partial charge in [0, 0.05) is 10.6 Å². The minimum Gasteiger partial charge on any atom is -0.321 e. The third-order valence-electron chi connectivity index (χ3n) is 3.22. The van der Waals surface area contributed by atoms with Gasteiger partial charge in [-0.25, -0.2) is 4.39 Å². The molecule has 76 valence electrons. The normalized spacial score (nSPS) is 28.9. The lowest BCUT2D eigenvalue weighted by Crippen LogP contribution is -2.25. The summed E-state index contributed by atoms with van der Waals surface area (Å²) in [5.41, 5.74) is 6.73. The van der Waals surface area contributed by atoms with Gasteiger partial charge in [0.25, 0.3) is 0 Å². The topological polar surface area (TPSA) is 26.0 Å². The SMILES string of the molecule is CC1(C)CC1(N)c1ccc(F)cc1Cl. The van der Waals surface area contributed by atoms with Crippen molar-refractivity contribution in [2.45, 2.75) is 25.8 Å². The molecule has 0 spiro atoms. The lowest BCUT2D eigenvalue weighted by atomic mass is 9.97. The first-order chi connectivity index (χ1) is 6.37. The van der Waals surface area contributed by atoms with E-state index in [-0.39, 0.29) is 16.8 Å². The number of halogens is 2. The molecular weight excluding hydrogens is 201 g/mol. The molecule has 1 nitrogen and oxygen atoms in total. The quantitative estimate of drug-likeness (QED) is 0.763. The van der Waals surface area contributed by atoms with E-state index in [0.717, 1.165) is 12.0 Å². The fourth-order valence-corrected chi connectivity index (χ4v) is 2.30. The van der Waals surface area contributed by atoms with Crippen LogP contribution in [0.4, 0.5) is 4.39 Å². The summed E-state index contributed by atoms with van der Waals surface area (Å²) >= 11 is 5.96. The second-order valence-electron chi connectivity index (χ2n) is 4.66. The molecule has 0 bridgehead atoms. The Labute approximate surface area is 88.1 Å². The predicted molar refractivity (Wildman–Crippen MR) is 55.7 cm³/mol. The van der Waals surface area contributed by atoms with Crippen LogP contribution in [0.5, 0.6) is 0 Å². The van der Waals surface area contributed by atoms with E-state index in [1.807, 2.05) is 0 Å². The van der Waals surface area contributed by atoms with E-state index in [1.54, 1.807) is 6.07 Å². The highest BCUT2D eigenvalue weighted by atomic mass is 35.5. The van der Waals surface area contributed by atoms with Crippen LogP contribution >= 0.6 is 11.6 Å². The average Bonchev–Trinajstić information content (AvgIpc) is 2.50. The van der Waals surface area contributed by atoms with Gasteiger partial charge in [-0.1, -0.05) is 31.5 Å². The zero-order chi connectivity index (χ0) is 10.6. The molecule has 2 N–H and O–H groups in total. The second kappa shape index (κ2) is 2.71. The Bertz CT molecular complexity index is 389. The highest BCUT2D eigenvalue weighted by molar-refractivity contribution is 6.31.